The molecule has 3 heterocycles. The first-order valence-electron chi connectivity index (χ1n) is 10.2. The molecule has 0 aromatic carbocycles. The Labute approximate surface area is 173 Å². The van der Waals surface area contributed by atoms with Gasteiger partial charge in [-0.1, -0.05) is 0 Å². The van der Waals surface area contributed by atoms with Crippen LogP contribution in [0.1, 0.15) is 27.3 Å². The smallest absolute Gasteiger partial charge is 0.261 e. The first kappa shape index (κ1) is 15.6. The molecule has 0 unspecified atom stereocenters. The standard InChI is InChI=1S/C19H18FN5O3S/c1-21-18(27)10-6-22-14(24-17(26)9-3-4-9)5-12(10)23-13-8-29-16-11(20)7-25(2)19(28)15(13)16/h5-9H,3-4H2,1-2H3,(H,21,27)(H2,22,23,24,26)/i1D3. The summed E-state index contributed by atoms with van der Waals surface area (Å²) in [6.07, 6.45) is 3.77. The van der Waals surface area contributed by atoms with Crippen LogP contribution >= 0.6 is 11.3 Å². The van der Waals surface area contributed by atoms with Crippen LogP contribution in [0.25, 0.3) is 10.1 Å². The third kappa shape index (κ3) is 3.58. The van der Waals surface area contributed by atoms with E-state index in [9.17, 15) is 18.8 Å². The van der Waals surface area contributed by atoms with Gasteiger partial charge >= 0.3 is 0 Å². The zero-order chi connectivity index (χ0) is 23.2. The lowest BCUT2D eigenvalue weighted by Crippen LogP contribution is -2.21. The number of nitrogens with one attached hydrogen (secondary N) is 3. The van der Waals surface area contributed by atoms with Gasteiger partial charge in [0.2, 0.25) is 5.91 Å². The van der Waals surface area contributed by atoms with Crippen molar-refractivity contribution >= 4 is 50.4 Å². The van der Waals surface area contributed by atoms with E-state index in [1.54, 1.807) is 0 Å². The number of hydrogen-bond acceptors (Lipinski definition) is 6. The summed E-state index contributed by atoms with van der Waals surface area (Å²) >= 11 is 1.01. The molecule has 150 valence electrons. The molecular formula is C19H18FN5O3S. The number of amides is 2. The van der Waals surface area contributed by atoms with Gasteiger partial charge < -0.3 is 20.5 Å². The number of fused-ring (bicyclic) bond motifs is 1. The van der Waals surface area contributed by atoms with E-state index in [1.807, 2.05) is 5.32 Å². The predicted octanol–water partition coefficient (Wildman–Crippen LogP) is 2.59. The summed E-state index contributed by atoms with van der Waals surface area (Å²) in [6, 6.07) is 1.36. The molecule has 10 heteroatoms. The van der Waals surface area contributed by atoms with Crippen molar-refractivity contribution in [2.45, 2.75) is 12.8 Å². The number of nitrogens with zero attached hydrogens (tertiary/aromatic N) is 2. The molecule has 0 spiro atoms. The number of aromatic nitrogens is 2. The van der Waals surface area contributed by atoms with Crippen LogP contribution < -0.4 is 21.5 Å². The largest absolute Gasteiger partial charge is 0.355 e. The Morgan fingerprint density at radius 1 is 1.38 bits per heavy atom. The Morgan fingerprint density at radius 3 is 2.90 bits per heavy atom. The average Bonchev–Trinajstić information content (AvgIpc) is 3.46. The summed E-state index contributed by atoms with van der Waals surface area (Å²) in [5.41, 5.74) is -0.245. The van der Waals surface area contributed by atoms with Crippen molar-refractivity contribution < 1.29 is 18.1 Å². The van der Waals surface area contributed by atoms with Gasteiger partial charge in [-0.25, -0.2) is 9.37 Å². The minimum atomic E-state index is -2.73. The van der Waals surface area contributed by atoms with Crippen molar-refractivity contribution in [2.24, 2.45) is 13.0 Å². The number of anilines is 3. The maximum atomic E-state index is 14.3. The highest BCUT2D eigenvalue weighted by Crippen LogP contribution is 2.34. The molecule has 3 N–H and O–H groups in total. The second-order valence-corrected chi connectivity index (χ2v) is 7.58. The molecular weight excluding hydrogens is 397 g/mol. The predicted molar refractivity (Wildman–Crippen MR) is 109 cm³/mol. The first-order chi connectivity index (χ1) is 15.0. The fourth-order valence-corrected chi connectivity index (χ4v) is 3.79. The zero-order valence-corrected chi connectivity index (χ0v) is 16.0. The molecule has 1 aliphatic carbocycles. The molecule has 4 rings (SSSR count). The lowest BCUT2D eigenvalue weighted by atomic mass is 10.2. The summed E-state index contributed by atoms with van der Waals surface area (Å²) in [4.78, 5) is 41.3. The van der Waals surface area contributed by atoms with Crippen molar-refractivity contribution in [3.8, 4) is 0 Å². The van der Waals surface area contributed by atoms with E-state index in [-0.39, 0.29) is 44.7 Å². The fourth-order valence-electron chi connectivity index (χ4n) is 2.90. The molecule has 29 heavy (non-hydrogen) atoms. The van der Waals surface area contributed by atoms with Crippen molar-refractivity contribution in [1.29, 1.82) is 0 Å². The highest BCUT2D eigenvalue weighted by atomic mass is 32.1. The summed E-state index contributed by atoms with van der Waals surface area (Å²) in [5, 5.41) is 9.04. The number of thiophene rings is 1. The Balaban J connectivity index is 1.76. The number of carbonyl (C=O) groups is 2. The van der Waals surface area contributed by atoms with Crippen LogP contribution in [0, 0.1) is 11.7 Å². The van der Waals surface area contributed by atoms with Gasteiger partial charge in [0, 0.05) is 47.9 Å². The van der Waals surface area contributed by atoms with Gasteiger partial charge in [-0.3, -0.25) is 14.4 Å². The normalized spacial score (nSPS) is 15.3. The van der Waals surface area contributed by atoms with Crippen LogP contribution in [0.4, 0.5) is 21.6 Å². The molecule has 2 amide bonds. The Bertz CT molecular complexity index is 1300. The molecule has 1 saturated carbocycles. The average molecular weight is 418 g/mol. The van der Waals surface area contributed by atoms with E-state index in [0.29, 0.717) is 0 Å². The van der Waals surface area contributed by atoms with E-state index in [2.05, 4.69) is 15.6 Å². The van der Waals surface area contributed by atoms with Crippen LogP contribution in [0.5, 0.6) is 0 Å². The van der Waals surface area contributed by atoms with Gasteiger partial charge in [-0.05, 0) is 12.8 Å². The van der Waals surface area contributed by atoms with E-state index in [0.717, 1.165) is 41.1 Å². The van der Waals surface area contributed by atoms with Crippen LogP contribution in [0.2, 0.25) is 0 Å². The topological polar surface area (TPSA) is 105 Å². The second kappa shape index (κ2) is 7.28. The van der Waals surface area contributed by atoms with Gasteiger partial charge in [0.1, 0.15) is 5.82 Å². The van der Waals surface area contributed by atoms with Crippen LogP contribution in [-0.4, -0.2) is 28.3 Å². The Hall–Kier alpha value is -3.27. The first-order valence-corrected chi connectivity index (χ1v) is 9.58. The quantitative estimate of drug-likeness (QED) is 0.591. The van der Waals surface area contributed by atoms with E-state index in [1.165, 1.54) is 18.5 Å². The Kier molecular flexibility index (Phi) is 3.92. The molecule has 0 radical (unpaired) electrons. The van der Waals surface area contributed by atoms with E-state index in [4.69, 9.17) is 4.11 Å². The molecule has 0 saturated heterocycles. The third-order valence-corrected chi connectivity index (χ3v) is 5.57. The van der Waals surface area contributed by atoms with Crippen molar-refractivity contribution in [3.63, 3.8) is 0 Å². The highest BCUT2D eigenvalue weighted by molar-refractivity contribution is 7.17. The summed E-state index contributed by atoms with van der Waals surface area (Å²) in [7, 11) is 1.42. The van der Waals surface area contributed by atoms with Crippen molar-refractivity contribution in [2.75, 3.05) is 17.6 Å². The maximum absolute atomic E-state index is 14.3. The number of carbonyl (C=O) groups excluding carboxylic acids is 2. The van der Waals surface area contributed by atoms with Gasteiger partial charge in [0.25, 0.3) is 11.5 Å². The van der Waals surface area contributed by atoms with Gasteiger partial charge in [0.15, 0.2) is 5.82 Å². The molecule has 0 atom stereocenters. The molecule has 1 aliphatic rings. The highest BCUT2D eigenvalue weighted by Gasteiger charge is 2.30. The van der Waals surface area contributed by atoms with Gasteiger partial charge in [-0.15, -0.1) is 11.3 Å². The van der Waals surface area contributed by atoms with E-state index < -0.39 is 24.3 Å². The number of hydrogen-bond donors (Lipinski definition) is 3. The monoisotopic (exact) mass is 418 g/mol. The van der Waals surface area contributed by atoms with Crippen molar-refractivity contribution in [3.05, 3.63) is 45.6 Å². The van der Waals surface area contributed by atoms with Crippen molar-refractivity contribution in [1.82, 2.24) is 14.9 Å². The van der Waals surface area contributed by atoms with Crippen LogP contribution in [0.15, 0.2) is 28.6 Å². The van der Waals surface area contributed by atoms with Crippen LogP contribution in [0.3, 0.4) is 0 Å². The Morgan fingerprint density at radius 2 is 2.17 bits per heavy atom. The molecule has 1 fully saturated rings. The molecule has 3 aromatic heterocycles. The van der Waals surface area contributed by atoms with Gasteiger partial charge in [0.05, 0.1) is 27.0 Å². The fraction of sp³-hybridized carbons (Fsp3) is 0.263. The minimum absolute atomic E-state index is 0.0834. The summed E-state index contributed by atoms with van der Waals surface area (Å²) in [6.45, 7) is -2.73. The second-order valence-electron chi connectivity index (χ2n) is 6.70. The summed E-state index contributed by atoms with van der Waals surface area (Å²) in [5.74, 6) is -1.65. The number of aryl methyl sites for hydroxylation is 1. The SMILES string of the molecule is [2H]C([2H])([2H])NC(=O)c1cnc(NC(=O)C2CC2)cc1Nc1csc2c(F)cn(C)c(=O)c12. The van der Waals surface area contributed by atoms with Crippen LogP contribution in [-0.2, 0) is 11.8 Å². The molecule has 3 aromatic rings. The maximum Gasteiger partial charge on any atom is 0.261 e. The molecule has 8 nitrogen and oxygen atoms in total. The lowest BCUT2D eigenvalue weighted by molar-refractivity contribution is -0.117. The van der Waals surface area contributed by atoms with E-state index >= 15 is 0 Å². The summed E-state index contributed by atoms with van der Waals surface area (Å²) < 4.78 is 37.4. The third-order valence-electron chi connectivity index (χ3n) is 4.58. The minimum Gasteiger partial charge on any atom is -0.355 e. The van der Waals surface area contributed by atoms with Gasteiger partial charge in [-0.2, -0.15) is 0 Å². The number of rotatable bonds is 5. The molecule has 0 bridgehead atoms. The molecule has 0 aliphatic heterocycles. The zero-order valence-electron chi connectivity index (χ0n) is 18.2. The number of pyridine rings is 2. The lowest BCUT2D eigenvalue weighted by Gasteiger charge is -2.13. The number of halogens is 1.